The Morgan fingerprint density at radius 1 is 1.24 bits per heavy atom. The van der Waals surface area contributed by atoms with Gasteiger partial charge in [-0.3, -0.25) is 4.79 Å². The highest BCUT2D eigenvalue weighted by molar-refractivity contribution is 6.44. The molecule has 92 valence electrons. The van der Waals surface area contributed by atoms with Crippen LogP contribution >= 0.6 is 34.8 Å². The molecular weight excluding hydrogens is 282 g/mol. The molecule has 1 aliphatic heterocycles. The molecule has 0 aliphatic carbocycles. The maximum absolute atomic E-state index is 12.0. The van der Waals surface area contributed by atoms with Gasteiger partial charge in [0.15, 0.2) is 0 Å². The molecule has 6 heteroatoms. The molecule has 0 saturated carbocycles. The van der Waals surface area contributed by atoms with E-state index in [1.165, 1.54) is 0 Å². The van der Waals surface area contributed by atoms with Crippen LogP contribution in [-0.2, 0) is 4.79 Å². The minimum Gasteiger partial charge on any atom is -0.309 e. The fraction of sp³-hybridized carbons (Fsp3) is 0.364. The third-order valence-electron chi connectivity index (χ3n) is 2.83. The Kier molecular flexibility index (Phi) is 3.83. The van der Waals surface area contributed by atoms with E-state index in [0.717, 1.165) is 6.42 Å². The Labute approximate surface area is 115 Å². The van der Waals surface area contributed by atoms with Crippen molar-refractivity contribution in [1.82, 2.24) is 5.32 Å². The van der Waals surface area contributed by atoms with Crippen molar-refractivity contribution in [1.29, 1.82) is 0 Å². The van der Waals surface area contributed by atoms with Crippen LogP contribution in [0.4, 0.5) is 5.69 Å². The maximum Gasteiger partial charge on any atom is 0.244 e. The number of hydrogen-bond donors (Lipinski definition) is 1. The van der Waals surface area contributed by atoms with E-state index < -0.39 is 0 Å². The van der Waals surface area contributed by atoms with Crippen molar-refractivity contribution in [3.8, 4) is 0 Å². The Bertz CT molecular complexity index is 464. The molecule has 0 spiro atoms. The van der Waals surface area contributed by atoms with Gasteiger partial charge in [-0.1, -0.05) is 34.8 Å². The lowest BCUT2D eigenvalue weighted by molar-refractivity contribution is -0.118. The van der Waals surface area contributed by atoms with Crippen molar-refractivity contribution in [2.45, 2.75) is 12.5 Å². The summed E-state index contributed by atoms with van der Waals surface area (Å²) in [5.41, 5.74) is 0.615. The Balaban J connectivity index is 2.36. The average molecular weight is 294 g/mol. The van der Waals surface area contributed by atoms with Crippen LogP contribution in [0.5, 0.6) is 0 Å². The number of amides is 1. The summed E-state index contributed by atoms with van der Waals surface area (Å²) in [7, 11) is 1.77. The number of carbonyl (C=O) groups excluding carboxylic acids is 1. The van der Waals surface area contributed by atoms with Crippen molar-refractivity contribution >= 4 is 46.4 Å². The first kappa shape index (κ1) is 13.0. The number of carbonyl (C=O) groups is 1. The minimum absolute atomic E-state index is 0.00721. The second-order valence-corrected chi connectivity index (χ2v) is 5.06. The van der Waals surface area contributed by atoms with Crippen LogP contribution in [0.3, 0.4) is 0 Å². The lowest BCUT2D eigenvalue weighted by Gasteiger charge is -2.18. The van der Waals surface area contributed by atoms with Crippen LogP contribution < -0.4 is 10.2 Å². The van der Waals surface area contributed by atoms with Gasteiger partial charge < -0.3 is 10.2 Å². The van der Waals surface area contributed by atoms with Gasteiger partial charge in [-0.15, -0.1) is 0 Å². The summed E-state index contributed by atoms with van der Waals surface area (Å²) in [4.78, 5) is 13.6. The van der Waals surface area contributed by atoms with E-state index >= 15 is 0 Å². The van der Waals surface area contributed by atoms with Crippen molar-refractivity contribution < 1.29 is 4.79 Å². The zero-order valence-corrected chi connectivity index (χ0v) is 11.4. The van der Waals surface area contributed by atoms with Crippen molar-refractivity contribution in [2.75, 3.05) is 18.5 Å². The van der Waals surface area contributed by atoms with E-state index in [0.29, 0.717) is 27.3 Å². The molecule has 0 aromatic heterocycles. The predicted octanol–water partition coefficient (Wildman–Crippen LogP) is 2.97. The van der Waals surface area contributed by atoms with E-state index in [2.05, 4.69) is 5.32 Å². The van der Waals surface area contributed by atoms with Gasteiger partial charge in [0.25, 0.3) is 0 Å². The van der Waals surface area contributed by atoms with E-state index in [-0.39, 0.29) is 11.9 Å². The van der Waals surface area contributed by atoms with Crippen LogP contribution in [0.15, 0.2) is 12.1 Å². The molecule has 1 aromatic carbocycles. The Hall–Kier alpha value is -0.480. The van der Waals surface area contributed by atoms with Gasteiger partial charge in [0.05, 0.1) is 26.8 Å². The smallest absolute Gasteiger partial charge is 0.244 e. The molecule has 1 aliphatic rings. The number of halogens is 3. The highest BCUT2D eigenvalue weighted by atomic mass is 35.5. The van der Waals surface area contributed by atoms with Crippen molar-refractivity contribution in [3.05, 3.63) is 27.2 Å². The zero-order chi connectivity index (χ0) is 12.6. The minimum atomic E-state index is -0.152. The van der Waals surface area contributed by atoms with Crippen molar-refractivity contribution in [3.63, 3.8) is 0 Å². The molecule has 1 unspecified atom stereocenters. The van der Waals surface area contributed by atoms with Crippen LogP contribution in [-0.4, -0.2) is 25.5 Å². The molecule has 0 bridgehead atoms. The predicted molar refractivity (Wildman–Crippen MR) is 71.3 cm³/mol. The molecule has 1 saturated heterocycles. The summed E-state index contributed by atoms with van der Waals surface area (Å²) in [6, 6.07) is 3.03. The van der Waals surface area contributed by atoms with Gasteiger partial charge in [-0.25, -0.2) is 0 Å². The van der Waals surface area contributed by atoms with Crippen molar-refractivity contribution in [2.24, 2.45) is 0 Å². The van der Waals surface area contributed by atoms with Gasteiger partial charge in [0, 0.05) is 6.54 Å². The normalized spacial score (nSPS) is 20.1. The maximum atomic E-state index is 12.0. The Morgan fingerprint density at radius 3 is 2.47 bits per heavy atom. The molecule has 17 heavy (non-hydrogen) atoms. The molecule has 0 radical (unpaired) electrons. The molecule has 1 fully saturated rings. The van der Waals surface area contributed by atoms with Crippen LogP contribution in [0, 0.1) is 0 Å². The molecule has 1 aromatic rings. The lowest BCUT2D eigenvalue weighted by Crippen LogP contribution is -2.36. The number of rotatable bonds is 2. The number of hydrogen-bond acceptors (Lipinski definition) is 2. The van der Waals surface area contributed by atoms with Gasteiger partial charge in [0.1, 0.15) is 0 Å². The van der Waals surface area contributed by atoms with E-state index in [1.54, 1.807) is 24.1 Å². The fourth-order valence-corrected chi connectivity index (χ4v) is 2.55. The van der Waals surface area contributed by atoms with E-state index in [4.69, 9.17) is 34.8 Å². The number of likely N-dealkylation sites (N-methyl/N-ethyl adjacent to an activating group) is 1. The largest absolute Gasteiger partial charge is 0.309 e. The quantitative estimate of drug-likeness (QED) is 0.850. The number of nitrogens with zero attached hydrogens (tertiary/aromatic N) is 1. The number of anilines is 1. The monoisotopic (exact) mass is 292 g/mol. The molecule has 1 amide bonds. The zero-order valence-electron chi connectivity index (χ0n) is 9.14. The molecule has 3 nitrogen and oxygen atoms in total. The molecule has 2 rings (SSSR count). The SMILES string of the molecule is CNC1CCN(c2cc(Cl)c(Cl)cc2Cl)C1=O. The number of benzene rings is 1. The van der Waals surface area contributed by atoms with Gasteiger partial charge in [-0.2, -0.15) is 0 Å². The summed E-state index contributed by atoms with van der Waals surface area (Å²) in [6.45, 7) is 0.627. The fourth-order valence-electron chi connectivity index (χ4n) is 1.91. The summed E-state index contributed by atoms with van der Waals surface area (Å²) < 4.78 is 0. The third-order valence-corrected chi connectivity index (χ3v) is 3.86. The summed E-state index contributed by atoms with van der Waals surface area (Å²) in [5.74, 6) is 0.00721. The average Bonchev–Trinajstić information content (AvgIpc) is 2.65. The second kappa shape index (κ2) is 5.02. The number of nitrogens with one attached hydrogen (secondary N) is 1. The highest BCUT2D eigenvalue weighted by Crippen LogP contribution is 2.36. The molecular formula is C11H11Cl3N2O. The first-order valence-electron chi connectivity index (χ1n) is 5.17. The van der Waals surface area contributed by atoms with E-state index in [1.807, 2.05) is 0 Å². The summed E-state index contributed by atoms with van der Waals surface area (Å²) in [5, 5.41) is 4.18. The Morgan fingerprint density at radius 2 is 1.88 bits per heavy atom. The van der Waals surface area contributed by atoms with Gasteiger partial charge >= 0.3 is 0 Å². The van der Waals surface area contributed by atoms with E-state index in [9.17, 15) is 4.79 Å². The summed E-state index contributed by atoms with van der Waals surface area (Å²) in [6.07, 6.45) is 0.756. The first-order valence-corrected chi connectivity index (χ1v) is 6.31. The topological polar surface area (TPSA) is 32.3 Å². The van der Waals surface area contributed by atoms with Crippen LogP contribution in [0.25, 0.3) is 0 Å². The highest BCUT2D eigenvalue weighted by Gasteiger charge is 2.32. The second-order valence-electron chi connectivity index (χ2n) is 3.84. The van der Waals surface area contributed by atoms with Gasteiger partial charge in [-0.05, 0) is 25.6 Å². The third kappa shape index (κ3) is 2.38. The molecule has 1 N–H and O–H groups in total. The standard InChI is InChI=1S/C11H11Cl3N2O/c1-15-9-2-3-16(11(9)17)10-5-7(13)6(12)4-8(10)14/h4-5,9,15H,2-3H2,1H3. The van der Waals surface area contributed by atoms with Crippen LogP contribution in [0.2, 0.25) is 15.1 Å². The molecule has 1 atom stereocenters. The van der Waals surface area contributed by atoms with Crippen LogP contribution in [0.1, 0.15) is 6.42 Å². The lowest BCUT2D eigenvalue weighted by atomic mass is 10.2. The molecule has 1 heterocycles. The first-order chi connectivity index (χ1) is 8.04. The van der Waals surface area contributed by atoms with Gasteiger partial charge in [0.2, 0.25) is 5.91 Å². The summed E-state index contributed by atoms with van der Waals surface area (Å²) >= 11 is 17.9.